The van der Waals surface area contributed by atoms with Gasteiger partial charge in [0.25, 0.3) is 0 Å². The molecule has 1 saturated heterocycles. The quantitative estimate of drug-likeness (QED) is 0.735. The number of benzene rings is 2. The van der Waals surface area contributed by atoms with Crippen molar-refractivity contribution < 1.29 is 13.2 Å². The van der Waals surface area contributed by atoms with E-state index in [2.05, 4.69) is 5.32 Å². The third-order valence-electron chi connectivity index (χ3n) is 5.49. The molecule has 8 heteroatoms. The molecule has 162 valence electrons. The Morgan fingerprint density at radius 3 is 2.47 bits per heavy atom. The molecular weight excluding hydrogens is 422 g/mol. The molecule has 0 bridgehead atoms. The van der Waals surface area contributed by atoms with E-state index in [0.29, 0.717) is 49.1 Å². The van der Waals surface area contributed by atoms with Gasteiger partial charge in [0.15, 0.2) is 0 Å². The van der Waals surface area contributed by atoms with Gasteiger partial charge in [-0.2, -0.15) is 4.31 Å². The second kappa shape index (κ2) is 9.92. The number of carbonyl (C=O) groups is 1. The molecule has 1 aliphatic heterocycles. The summed E-state index contributed by atoms with van der Waals surface area (Å²) in [6.07, 6.45) is 0.674. The number of nitrogens with zero attached hydrogens (tertiary/aromatic N) is 2. The van der Waals surface area contributed by atoms with Gasteiger partial charge in [-0.15, -0.1) is 0 Å². The molecule has 1 N–H and O–H groups in total. The van der Waals surface area contributed by atoms with E-state index < -0.39 is 10.0 Å². The highest BCUT2D eigenvalue weighted by molar-refractivity contribution is 7.89. The molecule has 6 nitrogen and oxygen atoms in total. The van der Waals surface area contributed by atoms with Crippen LogP contribution in [0.4, 0.5) is 0 Å². The summed E-state index contributed by atoms with van der Waals surface area (Å²) >= 11 is 6.15. The molecule has 0 aromatic heterocycles. The smallest absolute Gasteiger partial charge is 0.243 e. The fourth-order valence-corrected chi connectivity index (χ4v) is 5.21. The SMILES string of the molecule is Cc1ccc(S(=O)(=O)N2CCCN([C@@H](C)C(=O)NCc3ccccc3Cl)CC2)cc1. The molecule has 0 aliphatic carbocycles. The van der Waals surface area contributed by atoms with E-state index in [1.165, 1.54) is 4.31 Å². The standard InChI is InChI=1S/C22H28ClN3O3S/c1-17-8-10-20(11-9-17)30(28,29)26-13-5-12-25(14-15-26)18(2)22(27)24-16-19-6-3-4-7-21(19)23/h3-4,6-11,18H,5,12-16H2,1-2H3,(H,24,27)/t18-/m0/s1. The van der Waals surface area contributed by atoms with Crippen LogP contribution >= 0.6 is 11.6 Å². The number of halogens is 1. The first-order valence-electron chi connectivity index (χ1n) is 10.1. The summed E-state index contributed by atoms with van der Waals surface area (Å²) in [5.41, 5.74) is 1.89. The predicted octanol–water partition coefficient (Wildman–Crippen LogP) is 3.05. The molecule has 2 aromatic carbocycles. The van der Waals surface area contributed by atoms with E-state index in [4.69, 9.17) is 11.6 Å². The van der Waals surface area contributed by atoms with Crippen LogP contribution in [-0.4, -0.2) is 55.8 Å². The van der Waals surface area contributed by atoms with Crippen LogP contribution < -0.4 is 5.32 Å². The Kier molecular flexibility index (Phi) is 7.52. The van der Waals surface area contributed by atoms with E-state index in [9.17, 15) is 13.2 Å². The summed E-state index contributed by atoms with van der Waals surface area (Å²) in [6.45, 7) is 6.13. The van der Waals surface area contributed by atoms with Crippen molar-refractivity contribution in [2.24, 2.45) is 0 Å². The normalized spacial score (nSPS) is 17.3. The average molecular weight is 450 g/mol. The van der Waals surface area contributed by atoms with Crippen molar-refractivity contribution in [2.45, 2.75) is 37.8 Å². The second-order valence-electron chi connectivity index (χ2n) is 7.59. The largest absolute Gasteiger partial charge is 0.351 e. The molecule has 0 radical (unpaired) electrons. The van der Waals surface area contributed by atoms with Gasteiger partial charge in [-0.1, -0.05) is 47.5 Å². The van der Waals surface area contributed by atoms with Crippen LogP contribution in [0.2, 0.25) is 5.02 Å². The third-order valence-corrected chi connectivity index (χ3v) is 7.77. The molecule has 1 atom stereocenters. The monoisotopic (exact) mass is 449 g/mol. The number of hydrogen-bond donors (Lipinski definition) is 1. The first kappa shape index (κ1) is 22.7. The van der Waals surface area contributed by atoms with Crippen LogP contribution in [0.25, 0.3) is 0 Å². The van der Waals surface area contributed by atoms with Gasteiger partial charge >= 0.3 is 0 Å². The summed E-state index contributed by atoms with van der Waals surface area (Å²) in [4.78, 5) is 15.0. The Balaban J connectivity index is 1.59. The van der Waals surface area contributed by atoms with Crippen molar-refractivity contribution in [3.63, 3.8) is 0 Å². The summed E-state index contributed by atoms with van der Waals surface area (Å²) in [7, 11) is -3.53. The van der Waals surface area contributed by atoms with E-state index in [-0.39, 0.29) is 11.9 Å². The molecule has 1 heterocycles. The second-order valence-corrected chi connectivity index (χ2v) is 9.94. The van der Waals surface area contributed by atoms with Gasteiger partial charge in [0, 0.05) is 37.7 Å². The van der Waals surface area contributed by atoms with Crippen LogP contribution in [0.1, 0.15) is 24.5 Å². The topological polar surface area (TPSA) is 69.7 Å². The minimum absolute atomic E-state index is 0.0928. The van der Waals surface area contributed by atoms with Crippen molar-refractivity contribution >= 4 is 27.5 Å². The fraction of sp³-hybridized carbons (Fsp3) is 0.409. The van der Waals surface area contributed by atoms with Crippen LogP contribution in [0.15, 0.2) is 53.4 Å². The van der Waals surface area contributed by atoms with Crippen molar-refractivity contribution in [3.05, 3.63) is 64.7 Å². The number of nitrogens with one attached hydrogen (secondary N) is 1. The maximum Gasteiger partial charge on any atom is 0.243 e. The fourth-order valence-electron chi connectivity index (χ4n) is 3.54. The van der Waals surface area contributed by atoms with Gasteiger partial charge in [-0.25, -0.2) is 8.42 Å². The zero-order valence-corrected chi connectivity index (χ0v) is 18.9. The average Bonchev–Trinajstić information content (AvgIpc) is 2.99. The van der Waals surface area contributed by atoms with Gasteiger partial charge < -0.3 is 5.32 Å². The van der Waals surface area contributed by atoms with Crippen molar-refractivity contribution in [3.8, 4) is 0 Å². The first-order valence-corrected chi connectivity index (χ1v) is 11.9. The molecule has 30 heavy (non-hydrogen) atoms. The lowest BCUT2D eigenvalue weighted by Gasteiger charge is -2.27. The summed E-state index contributed by atoms with van der Waals surface area (Å²) in [5, 5.41) is 3.56. The van der Waals surface area contributed by atoms with Crippen LogP contribution in [0.3, 0.4) is 0 Å². The molecule has 0 saturated carbocycles. The maximum absolute atomic E-state index is 13.0. The maximum atomic E-state index is 13.0. The van der Waals surface area contributed by atoms with E-state index in [0.717, 1.165) is 11.1 Å². The highest BCUT2D eigenvalue weighted by Gasteiger charge is 2.29. The van der Waals surface area contributed by atoms with Crippen molar-refractivity contribution in [1.29, 1.82) is 0 Å². The molecule has 3 rings (SSSR count). The minimum atomic E-state index is -3.53. The van der Waals surface area contributed by atoms with Crippen LogP contribution in [-0.2, 0) is 21.4 Å². The number of sulfonamides is 1. The highest BCUT2D eigenvalue weighted by atomic mass is 35.5. The molecular formula is C22H28ClN3O3S. The Morgan fingerprint density at radius 1 is 1.07 bits per heavy atom. The van der Waals surface area contributed by atoms with E-state index in [1.807, 2.05) is 49.1 Å². The third kappa shape index (κ3) is 5.40. The zero-order valence-electron chi connectivity index (χ0n) is 17.3. The Morgan fingerprint density at radius 2 is 1.77 bits per heavy atom. The lowest BCUT2D eigenvalue weighted by Crippen LogP contribution is -2.46. The highest BCUT2D eigenvalue weighted by Crippen LogP contribution is 2.19. The lowest BCUT2D eigenvalue weighted by molar-refractivity contribution is -0.126. The van der Waals surface area contributed by atoms with Crippen LogP contribution in [0.5, 0.6) is 0 Å². The van der Waals surface area contributed by atoms with E-state index in [1.54, 1.807) is 18.2 Å². The van der Waals surface area contributed by atoms with Gasteiger partial charge in [0.05, 0.1) is 10.9 Å². The molecule has 1 fully saturated rings. The number of amides is 1. The first-order chi connectivity index (χ1) is 14.3. The van der Waals surface area contributed by atoms with E-state index >= 15 is 0 Å². The van der Waals surface area contributed by atoms with Gasteiger partial charge in [0.1, 0.15) is 0 Å². The molecule has 2 aromatic rings. The molecule has 1 amide bonds. The summed E-state index contributed by atoms with van der Waals surface area (Å²) in [5.74, 6) is -0.0928. The van der Waals surface area contributed by atoms with Crippen molar-refractivity contribution in [1.82, 2.24) is 14.5 Å². The number of hydrogen-bond acceptors (Lipinski definition) is 4. The predicted molar refractivity (Wildman–Crippen MR) is 119 cm³/mol. The Labute approximate surface area is 183 Å². The van der Waals surface area contributed by atoms with Crippen molar-refractivity contribution in [2.75, 3.05) is 26.2 Å². The molecule has 0 spiro atoms. The molecule has 0 unspecified atom stereocenters. The van der Waals surface area contributed by atoms with Gasteiger partial charge in [0.2, 0.25) is 15.9 Å². The number of rotatable bonds is 6. The Bertz CT molecular complexity index is 979. The van der Waals surface area contributed by atoms with Gasteiger partial charge in [-0.3, -0.25) is 9.69 Å². The Hall–Kier alpha value is -1.93. The lowest BCUT2D eigenvalue weighted by atomic mass is 10.2. The summed E-state index contributed by atoms with van der Waals surface area (Å²) in [6, 6.07) is 14.0. The minimum Gasteiger partial charge on any atom is -0.351 e. The van der Waals surface area contributed by atoms with Gasteiger partial charge in [-0.05, 0) is 44.0 Å². The molecule has 1 aliphatic rings. The number of aryl methyl sites for hydroxylation is 1. The summed E-state index contributed by atoms with van der Waals surface area (Å²) < 4.78 is 27.5. The zero-order chi connectivity index (χ0) is 21.7. The van der Waals surface area contributed by atoms with Crippen LogP contribution in [0, 0.1) is 6.92 Å². The number of carbonyl (C=O) groups excluding carboxylic acids is 1.